The van der Waals surface area contributed by atoms with E-state index in [4.69, 9.17) is 4.74 Å². The van der Waals surface area contributed by atoms with Crippen molar-refractivity contribution in [3.8, 4) is 5.75 Å². The van der Waals surface area contributed by atoms with Gasteiger partial charge in [-0.2, -0.15) is 0 Å². The summed E-state index contributed by atoms with van der Waals surface area (Å²) in [5.74, 6) is 0.182. The van der Waals surface area contributed by atoms with Crippen molar-refractivity contribution in [1.82, 2.24) is 9.38 Å². The zero-order valence-electron chi connectivity index (χ0n) is 14.2. The molecule has 2 heterocycles. The Hall–Kier alpha value is -3.35. The molecule has 7 nitrogen and oxygen atoms in total. The van der Waals surface area contributed by atoms with Crippen molar-refractivity contribution in [2.45, 2.75) is 13.8 Å². The topological polar surface area (TPSA) is 84.7 Å². The Morgan fingerprint density at radius 2 is 1.72 bits per heavy atom. The van der Waals surface area contributed by atoms with Crippen LogP contribution < -0.4 is 15.4 Å². The number of pyridine rings is 1. The second-order valence-electron chi connectivity index (χ2n) is 5.53. The molecule has 3 aromatic rings. The van der Waals surface area contributed by atoms with E-state index < -0.39 is 0 Å². The van der Waals surface area contributed by atoms with Gasteiger partial charge in [0.15, 0.2) is 11.4 Å². The number of hydrogen-bond donors (Lipinski definition) is 2. The molecule has 2 N–H and O–H groups in total. The van der Waals surface area contributed by atoms with Gasteiger partial charge >= 0.3 is 0 Å². The molecule has 3 rings (SSSR count). The van der Waals surface area contributed by atoms with Crippen LogP contribution in [0.2, 0.25) is 0 Å². The largest absolute Gasteiger partial charge is 0.493 e. The normalized spacial score (nSPS) is 10.5. The summed E-state index contributed by atoms with van der Waals surface area (Å²) in [6.45, 7) is 3.22. The first-order valence-corrected chi connectivity index (χ1v) is 7.70. The minimum atomic E-state index is -0.273. The van der Waals surface area contributed by atoms with Crippen LogP contribution in [0, 0.1) is 6.92 Å². The van der Waals surface area contributed by atoms with Crippen LogP contribution in [-0.4, -0.2) is 28.3 Å². The minimum absolute atomic E-state index is 0.146. The first kappa shape index (κ1) is 16.5. The first-order valence-electron chi connectivity index (χ1n) is 7.70. The summed E-state index contributed by atoms with van der Waals surface area (Å²) >= 11 is 0. The fraction of sp³-hybridized carbons (Fsp3) is 0.167. The number of imidazole rings is 1. The SMILES string of the molecule is COc1cccn2c(C(=O)Nc3ccc(NC(C)=O)cc3)c(C)nc12. The Balaban J connectivity index is 1.87. The maximum absolute atomic E-state index is 12.7. The average molecular weight is 338 g/mol. The van der Waals surface area contributed by atoms with Crippen molar-refractivity contribution in [3.05, 3.63) is 54.0 Å². The first-order chi connectivity index (χ1) is 12.0. The fourth-order valence-electron chi connectivity index (χ4n) is 2.62. The van der Waals surface area contributed by atoms with E-state index in [9.17, 15) is 9.59 Å². The van der Waals surface area contributed by atoms with Gasteiger partial charge in [-0.25, -0.2) is 4.98 Å². The number of nitrogens with zero attached hydrogens (tertiary/aromatic N) is 2. The van der Waals surface area contributed by atoms with Crippen LogP contribution in [0.1, 0.15) is 23.1 Å². The van der Waals surface area contributed by atoms with E-state index in [0.717, 1.165) is 0 Å². The number of amides is 2. The molecule has 7 heteroatoms. The van der Waals surface area contributed by atoms with Gasteiger partial charge in [-0.3, -0.25) is 14.0 Å². The predicted molar refractivity (Wildman–Crippen MR) is 95.2 cm³/mol. The highest BCUT2D eigenvalue weighted by Gasteiger charge is 2.18. The molecule has 0 saturated carbocycles. The molecule has 0 aliphatic rings. The van der Waals surface area contributed by atoms with E-state index in [1.807, 2.05) is 0 Å². The number of hydrogen-bond acceptors (Lipinski definition) is 4. The van der Waals surface area contributed by atoms with Gasteiger partial charge in [0, 0.05) is 24.5 Å². The number of aromatic nitrogens is 2. The lowest BCUT2D eigenvalue weighted by Gasteiger charge is -2.08. The molecule has 0 saturated heterocycles. The third-order valence-electron chi connectivity index (χ3n) is 3.69. The Morgan fingerprint density at radius 1 is 1.08 bits per heavy atom. The van der Waals surface area contributed by atoms with Crippen molar-refractivity contribution in [2.24, 2.45) is 0 Å². The van der Waals surface area contributed by atoms with Gasteiger partial charge in [-0.15, -0.1) is 0 Å². The summed E-state index contributed by atoms with van der Waals surface area (Å²) in [7, 11) is 1.57. The molecule has 128 valence electrons. The highest BCUT2D eigenvalue weighted by atomic mass is 16.5. The quantitative estimate of drug-likeness (QED) is 0.766. The van der Waals surface area contributed by atoms with Crippen LogP contribution in [0.3, 0.4) is 0 Å². The number of fused-ring (bicyclic) bond motifs is 1. The molecule has 0 aliphatic heterocycles. The van der Waals surface area contributed by atoms with E-state index in [1.165, 1.54) is 6.92 Å². The molecule has 0 spiro atoms. The highest BCUT2D eigenvalue weighted by molar-refractivity contribution is 6.04. The van der Waals surface area contributed by atoms with Gasteiger partial charge in [0.05, 0.1) is 12.8 Å². The Morgan fingerprint density at radius 3 is 2.32 bits per heavy atom. The number of carbonyl (C=O) groups is 2. The third-order valence-corrected chi connectivity index (χ3v) is 3.69. The summed E-state index contributed by atoms with van der Waals surface area (Å²) in [6, 6.07) is 10.5. The molecule has 0 fully saturated rings. The highest BCUT2D eigenvalue weighted by Crippen LogP contribution is 2.22. The molecule has 25 heavy (non-hydrogen) atoms. The standard InChI is InChI=1S/C18H18N4O3/c1-11-16(22-10-4-5-15(25-3)17(22)19-11)18(24)21-14-8-6-13(7-9-14)20-12(2)23/h4-10H,1-3H3,(H,20,23)(H,21,24). The number of benzene rings is 1. The number of carbonyl (C=O) groups excluding carboxylic acids is 2. The second kappa shape index (κ2) is 6.64. The summed E-state index contributed by atoms with van der Waals surface area (Å²) in [6.07, 6.45) is 1.77. The number of anilines is 2. The summed E-state index contributed by atoms with van der Waals surface area (Å²) in [5.41, 5.74) is 2.93. The molecule has 0 bridgehead atoms. The van der Waals surface area contributed by atoms with Crippen molar-refractivity contribution in [3.63, 3.8) is 0 Å². The lowest BCUT2D eigenvalue weighted by atomic mass is 10.2. The van der Waals surface area contributed by atoms with Gasteiger partial charge in [-0.05, 0) is 43.3 Å². The van der Waals surface area contributed by atoms with Gasteiger partial charge < -0.3 is 15.4 Å². The minimum Gasteiger partial charge on any atom is -0.493 e. The average Bonchev–Trinajstić information content (AvgIpc) is 2.92. The second-order valence-corrected chi connectivity index (χ2v) is 5.53. The van der Waals surface area contributed by atoms with E-state index in [0.29, 0.717) is 34.2 Å². The number of rotatable bonds is 4. The summed E-state index contributed by atoms with van der Waals surface area (Å²) in [5, 5.41) is 5.52. The van der Waals surface area contributed by atoms with Crippen LogP contribution in [0.4, 0.5) is 11.4 Å². The number of aryl methyl sites for hydroxylation is 1. The van der Waals surface area contributed by atoms with Crippen LogP contribution in [0.25, 0.3) is 5.65 Å². The maximum Gasteiger partial charge on any atom is 0.274 e. The maximum atomic E-state index is 12.7. The molecule has 0 atom stereocenters. The number of methoxy groups -OCH3 is 1. The van der Waals surface area contributed by atoms with Gasteiger partial charge in [-0.1, -0.05) is 0 Å². The third kappa shape index (κ3) is 3.30. The molecular weight excluding hydrogens is 320 g/mol. The van der Waals surface area contributed by atoms with Crippen molar-refractivity contribution >= 4 is 28.8 Å². The lowest BCUT2D eigenvalue weighted by Crippen LogP contribution is -2.15. The van der Waals surface area contributed by atoms with Gasteiger partial charge in [0.2, 0.25) is 5.91 Å². The molecule has 2 aromatic heterocycles. The van der Waals surface area contributed by atoms with Crippen LogP contribution in [-0.2, 0) is 4.79 Å². The van der Waals surface area contributed by atoms with E-state index in [2.05, 4.69) is 15.6 Å². The Kier molecular flexibility index (Phi) is 4.38. The lowest BCUT2D eigenvalue weighted by molar-refractivity contribution is -0.114. The monoisotopic (exact) mass is 338 g/mol. The van der Waals surface area contributed by atoms with Crippen molar-refractivity contribution < 1.29 is 14.3 Å². The molecular formula is C18H18N4O3. The van der Waals surface area contributed by atoms with Gasteiger partial charge in [0.25, 0.3) is 5.91 Å². The zero-order valence-corrected chi connectivity index (χ0v) is 14.2. The summed E-state index contributed by atoms with van der Waals surface area (Å²) in [4.78, 5) is 28.2. The van der Waals surface area contributed by atoms with Crippen LogP contribution in [0.15, 0.2) is 42.6 Å². The van der Waals surface area contributed by atoms with Crippen molar-refractivity contribution in [2.75, 3.05) is 17.7 Å². The predicted octanol–water partition coefficient (Wildman–Crippen LogP) is 2.86. The number of nitrogens with one attached hydrogen (secondary N) is 2. The van der Waals surface area contributed by atoms with Crippen LogP contribution >= 0.6 is 0 Å². The molecule has 2 amide bonds. The molecule has 1 aromatic carbocycles. The van der Waals surface area contributed by atoms with Crippen molar-refractivity contribution in [1.29, 1.82) is 0 Å². The smallest absolute Gasteiger partial charge is 0.274 e. The fourth-order valence-corrected chi connectivity index (χ4v) is 2.62. The van der Waals surface area contributed by atoms with Crippen LogP contribution in [0.5, 0.6) is 5.75 Å². The van der Waals surface area contributed by atoms with E-state index in [1.54, 1.807) is 61.0 Å². The van der Waals surface area contributed by atoms with Gasteiger partial charge in [0.1, 0.15) is 5.69 Å². The Labute approximate surface area is 144 Å². The Bertz CT molecular complexity index is 945. The molecule has 0 unspecified atom stereocenters. The molecule has 0 aliphatic carbocycles. The van der Waals surface area contributed by atoms with E-state index >= 15 is 0 Å². The summed E-state index contributed by atoms with van der Waals surface area (Å²) < 4.78 is 6.99. The number of ether oxygens (including phenoxy) is 1. The van der Waals surface area contributed by atoms with E-state index in [-0.39, 0.29) is 11.8 Å². The zero-order chi connectivity index (χ0) is 18.0. The molecule has 0 radical (unpaired) electrons.